The number of aryl methyl sites for hydroxylation is 1. The predicted octanol–water partition coefficient (Wildman–Crippen LogP) is 3.99. The van der Waals surface area contributed by atoms with Crippen LogP contribution in [-0.2, 0) is 11.3 Å². The van der Waals surface area contributed by atoms with Gasteiger partial charge in [0.15, 0.2) is 0 Å². The molecule has 0 aliphatic carbocycles. The van der Waals surface area contributed by atoms with Crippen molar-refractivity contribution in [2.75, 3.05) is 5.32 Å². The highest BCUT2D eigenvalue weighted by Gasteiger charge is 2.12. The molecule has 0 bridgehead atoms. The Hall–Kier alpha value is -3.39. The number of pyridine rings is 1. The first-order valence-electron chi connectivity index (χ1n) is 9.59. The number of hydrogen-bond donors (Lipinski definition) is 1. The highest BCUT2D eigenvalue weighted by Crippen LogP contribution is 2.30. The van der Waals surface area contributed by atoms with Gasteiger partial charge in [0.2, 0.25) is 5.91 Å². The summed E-state index contributed by atoms with van der Waals surface area (Å²) in [4.78, 5) is 38.8. The second-order valence-electron chi connectivity index (χ2n) is 7.36. The number of hydrogen-bond acceptors (Lipinski definition) is 6. The topological polar surface area (TPSA) is 89.8 Å². The molecule has 3 aromatic heterocycles. The normalized spacial score (nSPS) is 11.2. The van der Waals surface area contributed by atoms with E-state index in [1.54, 1.807) is 6.20 Å². The van der Waals surface area contributed by atoms with Crippen molar-refractivity contribution < 1.29 is 4.79 Å². The largest absolute Gasteiger partial charge is 0.324 e. The lowest BCUT2D eigenvalue weighted by Gasteiger charge is -2.11. The summed E-state index contributed by atoms with van der Waals surface area (Å²) >= 11 is 1.53. The van der Waals surface area contributed by atoms with E-state index in [1.807, 2.05) is 51.1 Å². The van der Waals surface area contributed by atoms with Crippen molar-refractivity contribution >= 4 is 33.3 Å². The van der Waals surface area contributed by atoms with Gasteiger partial charge in [-0.15, -0.1) is 0 Å². The molecular weight excluding hydrogens is 398 g/mol. The molecule has 0 aliphatic heterocycles. The smallest absolute Gasteiger partial charge is 0.254 e. The van der Waals surface area contributed by atoms with Crippen molar-refractivity contribution in [3.05, 3.63) is 70.5 Å². The molecule has 3 heterocycles. The average Bonchev–Trinajstić information content (AvgIpc) is 3.15. The molecule has 0 radical (unpaired) electrons. The monoisotopic (exact) mass is 419 g/mol. The van der Waals surface area contributed by atoms with E-state index in [0.29, 0.717) is 11.4 Å². The number of carbonyl (C=O) groups excluding carboxylic acids is 1. The number of carbonyl (C=O) groups is 1. The number of rotatable bonds is 5. The molecule has 8 heteroatoms. The van der Waals surface area contributed by atoms with E-state index in [4.69, 9.17) is 0 Å². The van der Waals surface area contributed by atoms with E-state index in [2.05, 4.69) is 20.3 Å². The zero-order chi connectivity index (χ0) is 21.3. The van der Waals surface area contributed by atoms with Gasteiger partial charge in [-0.25, -0.2) is 15.0 Å². The van der Waals surface area contributed by atoms with Gasteiger partial charge in [-0.2, -0.15) is 0 Å². The number of fused-ring (bicyclic) bond motifs is 1. The third kappa shape index (κ3) is 4.13. The van der Waals surface area contributed by atoms with Gasteiger partial charge in [-0.3, -0.25) is 14.2 Å². The van der Waals surface area contributed by atoms with Crippen LogP contribution in [0.1, 0.15) is 31.0 Å². The molecular formula is C22H21N5O2S. The molecule has 1 N–H and O–H groups in total. The van der Waals surface area contributed by atoms with Gasteiger partial charge in [0.05, 0.1) is 12.0 Å². The van der Waals surface area contributed by atoms with Gasteiger partial charge in [-0.1, -0.05) is 25.2 Å². The number of thiazole rings is 1. The van der Waals surface area contributed by atoms with Gasteiger partial charge in [0, 0.05) is 23.5 Å². The highest BCUT2D eigenvalue weighted by atomic mass is 32.1. The third-order valence-corrected chi connectivity index (χ3v) is 5.75. The van der Waals surface area contributed by atoms with E-state index >= 15 is 0 Å². The molecule has 0 spiro atoms. The molecule has 1 amide bonds. The minimum absolute atomic E-state index is 0.0884. The minimum atomic E-state index is -0.281. The summed E-state index contributed by atoms with van der Waals surface area (Å²) in [6.07, 6.45) is 3.18. The summed E-state index contributed by atoms with van der Waals surface area (Å²) < 4.78 is 1.30. The summed E-state index contributed by atoms with van der Waals surface area (Å²) in [6, 6.07) is 11.0. The van der Waals surface area contributed by atoms with Crippen molar-refractivity contribution in [1.29, 1.82) is 0 Å². The molecule has 4 rings (SSSR count). The maximum absolute atomic E-state index is 12.5. The summed E-state index contributed by atoms with van der Waals surface area (Å²) in [6.45, 7) is 5.77. The second kappa shape index (κ2) is 8.16. The Labute approximate surface area is 177 Å². The van der Waals surface area contributed by atoms with Crippen LogP contribution >= 0.6 is 11.3 Å². The molecule has 0 aliphatic rings. The number of anilines is 1. The summed E-state index contributed by atoms with van der Waals surface area (Å²) in [5.41, 5.74) is 3.93. The first kappa shape index (κ1) is 19.9. The molecule has 4 aromatic rings. The lowest BCUT2D eigenvalue weighted by molar-refractivity contribution is -0.116. The number of nitrogens with one attached hydrogen (secondary N) is 1. The molecule has 1 aromatic carbocycles. The van der Waals surface area contributed by atoms with Gasteiger partial charge in [0.1, 0.15) is 21.9 Å². The van der Waals surface area contributed by atoms with E-state index in [0.717, 1.165) is 26.5 Å². The Morgan fingerprint density at radius 1 is 1.20 bits per heavy atom. The standard InChI is InChI=1S/C22H21N5O2S/c1-13(2)18-10-20(29)27(12-24-18)11-19(28)25-16-7-6-15(9-14(16)3)21-26-17-5-4-8-23-22(17)30-21/h4-10,12-13H,11H2,1-3H3,(H,25,28). The van der Waals surface area contributed by atoms with Crippen molar-refractivity contribution in [2.45, 2.75) is 33.2 Å². The van der Waals surface area contributed by atoms with Crippen LogP contribution in [0.25, 0.3) is 20.9 Å². The molecule has 152 valence electrons. The minimum Gasteiger partial charge on any atom is -0.324 e. The van der Waals surface area contributed by atoms with Crippen LogP contribution in [0.5, 0.6) is 0 Å². The molecule has 0 unspecified atom stereocenters. The quantitative estimate of drug-likeness (QED) is 0.528. The van der Waals surface area contributed by atoms with Crippen molar-refractivity contribution in [3.63, 3.8) is 0 Å². The number of aromatic nitrogens is 4. The molecule has 0 atom stereocenters. The van der Waals surface area contributed by atoms with Crippen LogP contribution in [0, 0.1) is 6.92 Å². The number of amides is 1. The second-order valence-corrected chi connectivity index (χ2v) is 8.34. The number of nitrogens with zero attached hydrogens (tertiary/aromatic N) is 4. The van der Waals surface area contributed by atoms with Crippen LogP contribution in [0.15, 0.2) is 53.7 Å². The Bertz CT molecular complexity index is 1260. The fraction of sp³-hybridized carbons (Fsp3) is 0.227. The maximum atomic E-state index is 12.5. The zero-order valence-corrected chi connectivity index (χ0v) is 17.7. The van der Waals surface area contributed by atoms with Crippen LogP contribution in [0.4, 0.5) is 5.69 Å². The fourth-order valence-corrected chi connectivity index (χ4v) is 3.95. The molecule has 0 saturated heterocycles. The Morgan fingerprint density at radius 3 is 2.73 bits per heavy atom. The van der Waals surface area contributed by atoms with Crippen LogP contribution in [0.3, 0.4) is 0 Å². The van der Waals surface area contributed by atoms with Crippen LogP contribution in [-0.4, -0.2) is 25.4 Å². The Morgan fingerprint density at radius 2 is 2.03 bits per heavy atom. The maximum Gasteiger partial charge on any atom is 0.254 e. The van der Waals surface area contributed by atoms with Crippen molar-refractivity contribution in [1.82, 2.24) is 19.5 Å². The SMILES string of the molecule is Cc1cc(-c2nc3cccnc3s2)ccc1NC(=O)Cn1cnc(C(C)C)cc1=O. The molecule has 30 heavy (non-hydrogen) atoms. The third-order valence-electron chi connectivity index (χ3n) is 4.72. The molecule has 0 saturated carbocycles. The lowest BCUT2D eigenvalue weighted by atomic mass is 10.1. The van der Waals surface area contributed by atoms with E-state index in [-0.39, 0.29) is 23.9 Å². The number of benzene rings is 1. The van der Waals surface area contributed by atoms with Crippen molar-refractivity contribution in [3.8, 4) is 10.6 Å². The fourth-order valence-electron chi connectivity index (χ4n) is 3.05. The van der Waals surface area contributed by atoms with Gasteiger partial charge in [0.25, 0.3) is 5.56 Å². The Kier molecular flexibility index (Phi) is 5.41. The van der Waals surface area contributed by atoms with E-state index < -0.39 is 0 Å². The predicted molar refractivity (Wildman–Crippen MR) is 119 cm³/mol. The van der Waals surface area contributed by atoms with E-state index in [1.165, 1.54) is 28.3 Å². The van der Waals surface area contributed by atoms with Gasteiger partial charge < -0.3 is 5.32 Å². The zero-order valence-electron chi connectivity index (χ0n) is 16.9. The van der Waals surface area contributed by atoms with Gasteiger partial charge in [-0.05, 0) is 48.7 Å². The molecule has 7 nitrogen and oxygen atoms in total. The summed E-state index contributed by atoms with van der Waals surface area (Å²) in [5.74, 6) is -0.121. The summed E-state index contributed by atoms with van der Waals surface area (Å²) in [7, 11) is 0. The highest BCUT2D eigenvalue weighted by molar-refractivity contribution is 7.21. The molecule has 0 fully saturated rings. The summed E-state index contributed by atoms with van der Waals surface area (Å²) in [5, 5.41) is 3.75. The van der Waals surface area contributed by atoms with Crippen LogP contribution in [0.2, 0.25) is 0 Å². The first-order valence-corrected chi connectivity index (χ1v) is 10.4. The van der Waals surface area contributed by atoms with Gasteiger partial charge >= 0.3 is 0 Å². The Balaban J connectivity index is 1.49. The average molecular weight is 420 g/mol. The van der Waals surface area contributed by atoms with Crippen molar-refractivity contribution in [2.24, 2.45) is 0 Å². The first-order chi connectivity index (χ1) is 14.4. The lowest BCUT2D eigenvalue weighted by Crippen LogP contribution is -2.28. The van der Waals surface area contributed by atoms with Crippen LogP contribution < -0.4 is 10.9 Å². The van der Waals surface area contributed by atoms with E-state index in [9.17, 15) is 9.59 Å².